The largest absolute Gasteiger partial charge is 0.481 e. The number of rotatable bonds is 5. The highest BCUT2D eigenvalue weighted by atomic mass is 16.4. The van der Waals surface area contributed by atoms with E-state index >= 15 is 0 Å². The molecule has 0 aliphatic carbocycles. The van der Waals surface area contributed by atoms with Crippen LogP contribution in [0.25, 0.3) is 0 Å². The molecule has 4 heteroatoms. The Labute approximate surface area is 98.7 Å². The van der Waals surface area contributed by atoms with Crippen molar-refractivity contribution < 1.29 is 19.8 Å². The molecule has 0 saturated carbocycles. The van der Waals surface area contributed by atoms with Gasteiger partial charge in [-0.05, 0) is 0 Å². The molecular formula is C12H26O4. The Hall–Kier alpha value is -1.06. The van der Waals surface area contributed by atoms with Gasteiger partial charge in [0.15, 0.2) is 0 Å². The van der Waals surface area contributed by atoms with Crippen LogP contribution in [0.15, 0.2) is 0 Å². The zero-order valence-corrected chi connectivity index (χ0v) is 11.0. The van der Waals surface area contributed by atoms with Crippen molar-refractivity contribution in [3.63, 3.8) is 0 Å². The lowest BCUT2D eigenvalue weighted by molar-refractivity contribution is -0.143. The number of aliphatic carboxylic acids is 2. The van der Waals surface area contributed by atoms with Gasteiger partial charge in [0, 0.05) is 0 Å². The first-order valence-electron chi connectivity index (χ1n) is 5.89. The van der Waals surface area contributed by atoms with E-state index in [0.29, 0.717) is 0 Å². The van der Waals surface area contributed by atoms with Gasteiger partial charge in [-0.2, -0.15) is 0 Å². The van der Waals surface area contributed by atoms with Crippen molar-refractivity contribution in [3.05, 3.63) is 0 Å². The topological polar surface area (TPSA) is 74.6 Å². The molecule has 0 heterocycles. The lowest BCUT2D eigenvalue weighted by Crippen LogP contribution is -2.00. The van der Waals surface area contributed by atoms with Crippen molar-refractivity contribution >= 4 is 11.9 Å². The van der Waals surface area contributed by atoms with Gasteiger partial charge in [-0.25, -0.2) is 0 Å². The zero-order chi connectivity index (χ0) is 13.4. The SMILES string of the molecule is CCCC.CCCC.O=C(O)CCC(=O)O. The van der Waals surface area contributed by atoms with Crippen molar-refractivity contribution in [1.82, 2.24) is 0 Å². The summed E-state index contributed by atoms with van der Waals surface area (Å²) in [5.74, 6) is -2.15. The monoisotopic (exact) mass is 234 g/mol. The number of hydrogen-bond acceptors (Lipinski definition) is 2. The summed E-state index contributed by atoms with van der Waals surface area (Å²) in [6, 6.07) is 0. The number of unbranched alkanes of at least 4 members (excludes halogenated alkanes) is 2. The number of carboxylic acid groups (broad SMARTS) is 2. The molecule has 0 amide bonds. The molecule has 4 nitrogen and oxygen atoms in total. The Morgan fingerprint density at radius 2 is 0.875 bits per heavy atom. The maximum Gasteiger partial charge on any atom is 0.303 e. The second-order valence-electron chi connectivity index (χ2n) is 3.29. The summed E-state index contributed by atoms with van der Waals surface area (Å²) in [5.41, 5.74) is 0. The van der Waals surface area contributed by atoms with E-state index in [1.165, 1.54) is 25.7 Å². The highest BCUT2D eigenvalue weighted by Gasteiger charge is 2.00. The fraction of sp³-hybridized carbons (Fsp3) is 0.833. The van der Waals surface area contributed by atoms with Crippen molar-refractivity contribution in [3.8, 4) is 0 Å². The Morgan fingerprint density at radius 1 is 0.688 bits per heavy atom. The van der Waals surface area contributed by atoms with Crippen LogP contribution in [0.4, 0.5) is 0 Å². The first-order valence-corrected chi connectivity index (χ1v) is 5.89. The lowest BCUT2D eigenvalue weighted by atomic mass is 10.3. The van der Waals surface area contributed by atoms with Crippen molar-refractivity contribution in [1.29, 1.82) is 0 Å². The van der Waals surface area contributed by atoms with E-state index in [4.69, 9.17) is 10.2 Å². The van der Waals surface area contributed by atoms with Gasteiger partial charge in [-0.3, -0.25) is 9.59 Å². The van der Waals surface area contributed by atoms with Crippen LogP contribution in [-0.2, 0) is 9.59 Å². The summed E-state index contributed by atoms with van der Waals surface area (Å²) in [6.45, 7) is 8.72. The number of carbonyl (C=O) groups is 2. The summed E-state index contributed by atoms with van der Waals surface area (Å²) in [4.78, 5) is 19.3. The molecule has 0 aromatic carbocycles. The second kappa shape index (κ2) is 19.5. The molecule has 0 bridgehead atoms. The first kappa shape index (κ1) is 20.4. The van der Waals surface area contributed by atoms with E-state index in [0.717, 1.165) is 0 Å². The molecular weight excluding hydrogens is 208 g/mol. The summed E-state index contributed by atoms with van der Waals surface area (Å²) in [6.07, 6.45) is 4.69. The zero-order valence-electron chi connectivity index (χ0n) is 11.0. The van der Waals surface area contributed by atoms with E-state index in [1.807, 2.05) is 0 Å². The smallest absolute Gasteiger partial charge is 0.303 e. The molecule has 0 spiro atoms. The van der Waals surface area contributed by atoms with Gasteiger partial charge in [0.05, 0.1) is 12.8 Å². The van der Waals surface area contributed by atoms with E-state index in [9.17, 15) is 9.59 Å². The van der Waals surface area contributed by atoms with E-state index in [1.54, 1.807) is 0 Å². The fourth-order valence-corrected chi connectivity index (χ4v) is 0.214. The molecule has 16 heavy (non-hydrogen) atoms. The highest BCUT2D eigenvalue weighted by molar-refractivity contribution is 5.75. The minimum Gasteiger partial charge on any atom is -0.481 e. The molecule has 0 aliphatic heterocycles. The third-order valence-corrected chi connectivity index (χ3v) is 1.55. The minimum atomic E-state index is -1.08. The molecule has 0 fully saturated rings. The first-order chi connectivity index (χ1) is 7.45. The fourth-order valence-electron chi connectivity index (χ4n) is 0.214. The summed E-state index contributed by atoms with van der Waals surface area (Å²) in [5, 5.41) is 15.8. The molecule has 0 aromatic heterocycles. The van der Waals surface area contributed by atoms with Crippen LogP contribution in [0.5, 0.6) is 0 Å². The van der Waals surface area contributed by atoms with Gasteiger partial charge in [0.1, 0.15) is 0 Å². The maximum atomic E-state index is 9.64. The molecule has 98 valence electrons. The van der Waals surface area contributed by atoms with Gasteiger partial charge in [0.25, 0.3) is 0 Å². The normalized spacial score (nSPS) is 8.00. The average Bonchev–Trinajstić information content (AvgIpc) is 2.27. The Bertz CT molecular complexity index is 133. The van der Waals surface area contributed by atoms with Gasteiger partial charge in [-0.15, -0.1) is 0 Å². The van der Waals surface area contributed by atoms with E-state index in [-0.39, 0.29) is 12.8 Å². The van der Waals surface area contributed by atoms with Gasteiger partial charge in [-0.1, -0.05) is 53.4 Å². The second-order valence-corrected chi connectivity index (χ2v) is 3.29. The molecule has 0 rings (SSSR count). The van der Waals surface area contributed by atoms with Crippen molar-refractivity contribution in [2.75, 3.05) is 0 Å². The van der Waals surface area contributed by atoms with Crippen molar-refractivity contribution in [2.24, 2.45) is 0 Å². The third kappa shape index (κ3) is 52.3. The van der Waals surface area contributed by atoms with Gasteiger partial charge >= 0.3 is 11.9 Å². The van der Waals surface area contributed by atoms with Crippen LogP contribution in [0, 0.1) is 0 Å². The minimum absolute atomic E-state index is 0.296. The third-order valence-electron chi connectivity index (χ3n) is 1.55. The number of hydrogen-bond donors (Lipinski definition) is 2. The molecule has 0 atom stereocenters. The molecule has 0 aliphatic rings. The summed E-state index contributed by atoms with van der Waals surface area (Å²) in [7, 11) is 0. The summed E-state index contributed by atoms with van der Waals surface area (Å²) >= 11 is 0. The molecule has 0 radical (unpaired) electrons. The quantitative estimate of drug-likeness (QED) is 0.762. The Balaban J connectivity index is -0.000000179. The van der Waals surface area contributed by atoms with Crippen LogP contribution >= 0.6 is 0 Å². The molecule has 0 unspecified atom stereocenters. The predicted molar refractivity (Wildman–Crippen MR) is 65.7 cm³/mol. The molecule has 2 N–H and O–H groups in total. The van der Waals surface area contributed by atoms with Gasteiger partial charge in [0.2, 0.25) is 0 Å². The maximum absolute atomic E-state index is 9.64. The van der Waals surface area contributed by atoms with E-state index in [2.05, 4.69) is 27.7 Å². The van der Waals surface area contributed by atoms with Crippen LogP contribution < -0.4 is 0 Å². The van der Waals surface area contributed by atoms with Crippen LogP contribution in [0.2, 0.25) is 0 Å². The number of carboxylic acids is 2. The van der Waals surface area contributed by atoms with Crippen LogP contribution in [0.1, 0.15) is 66.2 Å². The highest BCUT2D eigenvalue weighted by Crippen LogP contribution is 1.86. The Morgan fingerprint density at radius 3 is 0.938 bits per heavy atom. The lowest BCUT2D eigenvalue weighted by Gasteiger charge is -1.85. The van der Waals surface area contributed by atoms with Gasteiger partial charge < -0.3 is 10.2 Å². The molecule has 0 saturated heterocycles. The average molecular weight is 234 g/mol. The predicted octanol–water partition coefficient (Wildman–Crippen LogP) is 3.55. The standard InChI is InChI=1S/C4H6O4.2C4H10/c5-3(6)1-2-4(7)8;2*1-3-4-2/h1-2H2,(H,5,6)(H,7,8);2*3-4H2,1-2H3. The van der Waals surface area contributed by atoms with Crippen molar-refractivity contribution in [2.45, 2.75) is 66.2 Å². The van der Waals surface area contributed by atoms with E-state index < -0.39 is 11.9 Å². The van der Waals surface area contributed by atoms with Crippen LogP contribution in [0.3, 0.4) is 0 Å². The Kier molecular flexibility index (Phi) is 24.8. The molecule has 0 aromatic rings. The van der Waals surface area contributed by atoms with Crippen LogP contribution in [-0.4, -0.2) is 22.2 Å². The summed E-state index contributed by atoms with van der Waals surface area (Å²) < 4.78 is 0.